The summed E-state index contributed by atoms with van der Waals surface area (Å²) < 4.78 is 11.7. The van der Waals surface area contributed by atoms with Crippen LogP contribution < -0.4 is 10.6 Å². The SMILES string of the molecule is Clc1cccc2cc3c(NCCCOCCCCOCCCNc4cccc5cc6ccccc6cc45)cccc3cc12. The largest absolute Gasteiger partial charge is 0.384 e. The van der Waals surface area contributed by atoms with Gasteiger partial charge in [-0.05, 0) is 95.1 Å². The number of rotatable bonds is 15. The molecule has 0 bridgehead atoms. The highest BCUT2D eigenvalue weighted by Gasteiger charge is 2.06. The van der Waals surface area contributed by atoms with Gasteiger partial charge in [0.2, 0.25) is 0 Å². The zero-order valence-corrected chi connectivity index (χ0v) is 25.3. The molecular formula is C38H39ClN2O2. The molecule has 0 aliphatic carbocycles. The summed E-state index contributed by atoms with van der Waals surface area (Å²) in [6.07, 6.45) is 3.99. The molecule has 0 radical (unpaired) electrons. The first-order valence-corrected chi connectivity index (χ1v) is 15.8. The topological polar surface area (TPSA) is 42.5 Å². The Labute approximate surface area is 258 Å². The highest BCUT2D eigenvalue weighted by molar-refractivity contribution is 6.36. The van der Waals surface area contributed by atoms with E-state index in [1.165, 1.54) is 38.0 Å². The van der Waals surface area contributed by atoms with Gasteiger partial charge >= 0.3 is 0 Å². The third kappa shape index (κ3) is 7.40. The lowest BCUT2D eigenvalue weighted by Gasteiger charge is -2.12. The number of halogens is 1. The van der Waals surface area contributed by atoms with Crippen molar-refractivity contribution in [3.05, 3.63) is 108 Å². The molecule has 0 spiro atoms. The van der Waals surface area contributed by atoms with Crippen LogP contribution in [-0.2, 0) is 9.47 Å². The molecule has 5 heteroatoms. The molecule has 4 nitrogen and oxygen atoms in total. The number of unbranched alkanes of at least 4 members (excludes halogenated alkanes) is 1. The van der Waals surface area contributed by atoms with Gasteiger partial charge in [-0.25, -0.2) is 0 Å². The highest BCUT2D eigenvalue weighted by Crippen LogP contribution is 2.32. The molecule has 0 aromatic heterocycles. The van der Waals surface area contributed by atoms with Crippen LogP contribution in [0.15, 0.2) is 103 Å². The summed E-state index contributed by atoms with van der Waals surface area (Å²) in [5, 5.41) is 17.7. The van der Waals surface area contributed by atoms with Crippen LogP contribution in [0.2, 0.25) is 5.02 Å². The second-order valence-electron chi connectivity index (χ2n) is 11.1. The van der Waals surface area contributed by atoms with E-state index in [1.54, 1.807) is 0 Å². The molecular weight excluding hydrogens is 552 g/mol. The first-order valence-electron chi connectivity index (χ1n) is 15.4. The summed E-state index contributed by atoms with van der Waals surface area (Å²) >= 11 is 6.40. The molecule has 0 aliphatic heterocycles. The summed E-state index contributed by atoms with van der Waals surface area (Å²) in [4.78, 5) is 0. The standard InChI is InChI=1S/C38H39ClN2O2/c39-36-15-5-12-31-27-35-32(26-33(31)36)14-7-17-38(35)41-19-9-23-43-21-4-3-20-42-22-8-18-40-37-16-6-13-30-24-28-10-1-2-11-29(28)25-34(30)37/h1-2,5-7,10-17,24-27,40-41H,3-4,8-9,18-23H2. The summed E-state index contributed by atoms with van der Waals surface area (Å²) in [5.74, 6) is 0. The average molecular weight is 591 g/mol. The fourth-order valence-corrected chi connectivity index (χ4v) is 5.93. The van der Waals surface area contributed by atoms with Crippen molar-refractivity contribution in [1.82, 2.24) is 0 Å². The van der Waals surface area contributed by atoms with Crippen molar-refractivity contribution in [2.75, 3.05) is 50.2 Å². The molecule has 6 rings (SSSR count). The van der Waals surface area contributed by atoms with E-state index < -0.39 is 0 Å². The molecule has 6 aromatic rings. The first-order chi connectivity index (χ1) is 21.3. The van der Waals surface area contributed by atoms with E-state index in [2.05, 4.69) is 102 Å². The molecule has 0 amide bonds. The number of anilines is 2. The van der Waals surface area contributed by atoms with Crippen molar-refractivity contribution in [2.45, 2.75) is 25.7 Å². The van der Waals surface area contributed by atoms with Crippen LogP contribution in [-0.4, -0.2) is 39.5 Å². The second kappa shape index (κ2) is 14.6. The predicted octanol–water partition coefficient (Wildman–Crippen LogP) is 10.1. The van der Waals surface area contributed by atoms with Gasteiger partial charge in [0.25, 0.3) is 0 Å². The van der Waals surface area contributed by atoms with Crippen molar-refractivity contribution in [3.8, 4) is 0 Å². The van der Waals surface area contributed by atoms with Gasteiger partial charge in [-0.3, -0.25) is 0 Å². The van der Waals surface area contributed by atoms with Crippen LogP contribution in [0.5, 0.6) is 0 Å². The maximum Gasteiger partial charge on any atom is 0.0484 e. The van der Waals surface area contributed by atoms with Crippen molar-refractivity contribution in [2.24, 2.45) is 0 Å². The number of nitrogens with one attached hydrogen (secondary N) is 2. The number of benzene rings is 6. The molecule has 0 heterocycles. The van der Waals surface area contributed by atoms with Gasteiger partial charge in [-0.15, -0.1) is 0 Å². The Kier molecular flexibility index (Phi) is 9.91. The van der Waals surface area contributed by atoms with E-state index in [4.69, 9.17) is 21.1 Å². The van der Waals surface area contributed by atoms with E-state index in [0.717, 1.165) is 86.7 Å². The molecule has 0 atom stereocenters. The fourth-order valence-electron chi connectivity index (χ4n) is 5.69. The zero-order chi connectivity index (χ0) is 29.3. The summed E-state index contributed by atoms with van der Waals surface area (Å²) in [6, 6.07) is 36.4. The van der Waals surface area contributed by atoms with Gasteiger partial charge in [0.1, 0.15) is 0 Å². The molecule has 0 saturated carbocycles. The maximum absolute atomic E-state index is 6.40. The number of hydrogen-bond acceptors (Lipinski definition) is 4. The number of hydrogen-bond donors (Lipinski definition) is 2. The Bertz CT molecular complexity index is 1820. The van der Waals surface area contributed by atoms with Crippen molar-refractivity contribution >= 4 is 66.1 Å². The third-order valence-corrected chi connectivity index (χ3v) is 8.29. The molecule has 0 aliphatic rings. The van der Waals surface area contributed by atoms with Gasteiger partial charge in [0.15, 0.2) is 0 Å². The van der Waals surface area contributed by atoms with Crippen molar-refractivity contribution in [1.29, 1.82) is 0 Å². The van der Waals surface area contributed by atoms with Gasteiger partial charge in [0.05, 0.1) is 0 Å². The van der Waals surface area contributed by atoms with E-state index in [1.807, 2.05) is 12.1 Å². The van der Waals surface area contributed by atoms with Gasteiger partial charge in [-0.1, -0.05) is 72.3 Å². The van der Waals surface area contributed by atoms with Gasteiger partial charge < -0.3 is 20.1 Å². The smallest absolute Gasteiger partial charge is 0.0484 e. The van der Waals surface area contributed by atoms with Gasteiger partial charge in [0, 0.05) is 72.1 Å². The minimum Gasteiger partial charge on any atom is -0.384 e. The quantitative estimate of drug-likeness (QED) is 0.0922. The average Bonchev–Trinajstić information content (AvgIpc) is 3.03. The van der Waals surface area contributed by atoms with E-state index in [-0.39, 0.29) is 0 Å². The molecule has 43 heavy (non-hydrogen) atoms. The van der Waals surface area contributed by atoms with Crippen LogP contribution in [0.4, 0.5) is 11.4 Å². The summed E-state index contributed by atoms with van der Waals surface area (Å²) in [5.41, 5.74) is 2.34. The van der Waals surface area contributed by atoms with Crippen LogP contribution in [0.25, 0.3) is 43.1 Å². The molecule has 0 saturated heterocycles. The molecule has 0 unspecified atom stereocenters. The molecule has 2 N–H and O–H groups in total. The number of ether oxygens (including phenoxy) is 2. The minimum atomic E-state index is 0.757. The Morgan fingerprint density at radius 2 is 0.884 bits per heavy atom. The minimum absolute atomic E-state index is 0.757. The molecule has 0 fully saturated rings. The zero-order valence-electron chi connectivity index (χ0n) is 24.6. The lowest BCUT2D eigenvalue weighted by atomic mass is 10.0. The van der Waals surface area contributed by atoms with E-state index in [0.29, 0.717) is 0 Å². The Hall–Kier alpha value is -3.83. The molecule has 220 valence electrons. The monoisotopic (exact) mass is 590 g/mol. The van der Waals surface area contributed by atoms with Gasteiger partial charge in [-0.2, -0.15) is 0 Å². The van der Waals surface area contributed by atoms with E-state index >= 15 is 0 Å². The normalized spacial score (nSPS) is 11.6. The van der Waals surface area contributed by atoms with Crippen LogP contribution >= 0.6 is 11.6 Å². The lowest BCUT2D eigenvalue weighted by Crippen LogP contribution is -2.08. The van der Waals surface area contributed by atoms with Crippen LogP contribution in [0.3, 0.4) is 0 Å². The maximum atomic E-state index is 6.40. The summed E-state index contributed by atoms with van der Waals surface area (Å²) in [7, 11) is 0. The summed E-state index contributed by atoms with van der Waals surface area (Å²) in [6.45, 7) is 4.86. The number of fused-ring (bicyclic) bond motifs is 4. The fraction of sp³-hybridized carbons (Fsp3) is 0.263. The van der Waals surface area contributed by atoms with Crippen molar-refractivity contribution < 1.29 is 9.47 Å². The molecule has 6 aromatic carbocycles. The van der Waals surface area contributed by atoms with Crippen LogP contribution in [0.1, 0.15) is 25.7 Å². The predicted molar refractivity (Wildman–Crippen MR) is 185 cm³/mol. The van der Waals surface area contributed by atoms with Crippen LogP contribution in [0, 0.1) is 0 Å². The second-order valence-corrected chi connectivity index (χ2v) is 11.5. The Morgan fingerprint density at radius 1 is 0.442 bits per heavy atom. The Morgan fingerprint density at radius 3 is 1.51 bits per heavy atom. The van der Waals surface area contributed by atoms with Crippen molar-refractivity contribution in [3.63, 3.8) is 0 Å². The Balaban J connectivity index is 0.822. The highest BCUT2D eigenvalue weighted by atomic mass is 35.5. The lowest BCUT2D eigenvalue weighted by molar-refractivity contribution is 0.102. The first kappa shape index (κ1) is 29.3. The third-order valence-electron chi connectivity index (χ3n) is 7.96. The van der Waals surface area contributed by atoms with E-state index in [9.17, 15) is 0 Å².